The molecule has 1 saturated heterocycles. The average molecular weight is 204 g/mol. The molecule has 13 heavy (non-hydrogen) atoms. The number of carbonyl (C=O) groups excluding carboxylic acids is 1. The highest BCUT2D eigenvalue weighted by Gasteiger charge is 2.28. The minimum atomic E-state index is -3.24. The number of nitrogens with zero attached hydrogens (tertiary/aromatic N) is 2. The van der Waals surface area contributed by atoms with Crippen molar-refractivity contribution < 1.29 is 13.2 Å². The van der Waals surface area contributed by atoms with E-state index in [9.17, 15) is 13.2 Å². The van der Waals surface area contributed by atoms with Gasteiger partial charge in [0, 0.05) is 6.54 Å². The van der Waals surface area contributed by atoms with E-state index in [0.29, 0.717) is 13.0 Å². The van der Waals surface area contributed by atoms with E-state index in [1.807, 2.05) is 0 Å². The lowest BCUT2D eigenvalue weighted by Gasteiger charge is -2.29. The van der Waals surface area contributed by atoms with Crippen LogP contribution in [0.4, 0.5) is 0 Å². The minimum absolute atomic E-state index is 0.453. The van der Waals surface area contributed by atoms with Crippen molar-refractivity contribution in [1.82, 2.24) is 4.31 Å². The third kappa shape index (κ3) is 2.62. The zero-order valence-corrected chi connectivity index (χ0v) is 8.25. The lowest BCUT2D eigenvalue weighted by Crippen LogP contribution is -2.41. The molecule has 5 nitrogen and oxygen atoms in total. The SMILES string of the molecule is CS(=O)(=O)N1CCCCC1N=C=O. The molecule has 1 heterocycles. The molecule has 1 rings (SSSR count). The molecule has 0 aliphatic carbocycles. The Kier molecular flexibility index (Phi) is 3.19. The fourth-order valence-electron chi connectivity index (χ4n) is 1.46. The molecule has 1 unspecified atom stereocenters. The maximum Gasteiger partial charge on any atom is 0.236 e. The molecule has 74 valence electrons. The Morgan fingerprint density at radius 1 is 1.46 bits per heavy atom. The van der Waals surface area contributed by atoms with E-state index in [1.165, 1.54) is 10.4 Å². The first-order valence-corrected chi connectivity index (χ1v) is 5.94. The Labute approximate surface area is 77.5 Å². The van der Waals surface area contributed by atoms with E-state index in [2.05, 4.69) is 4.99 Å². The number of hydrogen-bond donors (Lipinski definition) is 0. The molecule has 0 aromatic carbocycles. The van der Waals surface area contributed by atoms with Gasteiger partial charge in [-0.25, -0.2) is 13.2 Å². The van der Waals surface area contributed by atoms with Crippen LogP contribution >= 0.6 is 0 Å². The molecule has 0 amide bonds. The van der Waals surface area contributed by atoms with Crippen LogP contribution in [0.15, 0.2) is 4.99 Å². The topological polar surface area (TPSA) is 66.8 Å². The first-order valence-electron chi connectivity index (χ1n) is 4.09. The van der Waals surface area contributed by atoms with Crippen LogP contribution in [0.2, 0.25) is 0 Å². The van der Waals surface area contributed by atoms with Crippen LogP contribution in [0.25, 0.3) is 0 Å². The summed E-state index contributed by atoms with van der Waals surface area (Å²) in [7, 11) is -3.24. The fourth-order valence-corrected chi connectivity index (χ4v) is 2.52. The Morgan fingerprint density at radius 2 is 2.15 bits per heavy atom. The van der Waals surface area contributed by atoms with Gasteiger partial charge in [-0.15, -0.1) is 0 Å². The van der Waals surface area contributed by atoms with E-state index in [0.717, 1.165) is 19.1 Å². The molecule has 0 aromatic rings. The molecule has 6 heteroatoms. The van der Waals surface area contributed by atoms with Crippen molar-refractivity contribution in [3.05, 3.63) is 0 Å². The van der Waals surface area contributed by atoms with Gasteiger partial charge < -0.3 is 0 Å². The highest BCUT2D eigenvalue weighted by molar-refractivity contribution is 7.88. The van der Waals surface area contributed by atoms with Crippen molar-refractivity contribution in [1.29, 1.82) is 0 Å². The molecule has 1 atom stereocenters. The van der Waals surface area contributed by atoms with Gasteiger partial charge in [0.05, 0.1) is 6.26 Å². The quantitative estimate of drug-likeness (QED) is 0.473. The normalized spacial score (nSPS) is 25.2. The van der Waals surface area contributed by atoms with Crippen LogP contribution < -0.4 is 0 Å². The van der Waals surface area contributed by atoms with Crippen LogP contribution in [0.1, 0.15) is 19.3 Å². The van der Waals surface area contributed by atoms with Crippen LogP contribution in [-0.2, 0) is 14.8 Å². The summed E-state index contributed by atoms with van der Waals surface area (Å²) >= 11 is 0. The van der Waals surface area contributed by atoms with E-state index < -0.39 is 16.2 Å². The molecule has 0 N–H and O–H groups in total. The third-order valence-corrected chi connectivity index (χ3v) is 3.33. The lowest BCUT2D eigenvalue weighted by atomic mass is 10.1. The molecular weight excluding hydrogens is 192 g/mol. The molecule has 0 aromatic heterocycles. The monoisotopic (exact) mass is 204 g/mol. The van der Waals surface area contributed by atoms with Gasteiger partial charge in [0.2, 0.25) is 16.1 Å². The van der Waals surface area contributed by atoms with E-state index >= 15 is 0 Å². The number of sulfonamides is 1. The van der Waals surface area contributed by atoms with Gasteiger partial charge in [-0.1, -0.05) is 0 Å². The predicted molar refractivity (Wildman–Crippen MR) is 47.3 cm³/mol. The maximum atomic E-state index is 11.2. The summed E-state index contributed by atoms with van der Waals surface area (Å²) in [4.78, 5) is 13.5. The molecule has 1 aliphatic heterocycles. The first-order chi connectivity index (χ1) is 6.05. The third-order valence-electron chi connectivity index (χ3n) is 2.05. The van der Waals surface area contributed by atoms with Crippen LogP contribution in [0.3, 0.4) is 0 Å². The average Bonchev–Trinajstić information content (AvgIpc) is 2.04. The summed E-state index contributed by atoms with van der Waals surface area (Å²) in [6, 6.07) is 0. The van der Waals surface area contributed by atoms with Gasteiger partial charge in [0.15, 0.2) is 0 Å². The van der Waals surface area contributed by atoms with Gasteiger partial charge in [-0.3, -0.25) is 0 Å². The lowest BCUT2D eigenvalue weighted by molar-refractivity contribution is 0.261. The van der Waals surface area contributed by atoms with Crippen LogP contribution in [-0.4, -0.2) is 37.8 Å². The number of isocyanates is 1. The minimum Gasteiger partial charge on any atom is -0.212 e. The smallest absolute Gasteiger partial charge is 0.212 e. The van der Waals surface area contributed by atoms with Crippen molar-refractivity contribution in [2.45, 2.75) is 25.4 Å². The molecular formula is C7H12N2O3S. The summed E-state index contributed by atoms with van der Waals surface area (Å²) in [6.45, 7) is 0.453. The second-order valence-corrected chi connectivity index (χ2v) is 5.01. The predicted octanol–water partition coefficient (Wildman–Crippen LogP) is 0.0938. The van der Waals surface area contributed by atoms with Crippen molar-refractivity contribution in [3.8, 4) is 0 Å². The molecule has 0 radical (unpaired) electrons. The number of piperidine rings is 1. The fraction of sp³-hybridized carbons (Fsp3) is 0.857. The summed E-state index contributed by atoms with van der Waals surface area (Å²) in [5.74, 6) is 0. The molecule has 0 bridgehead atoms. The number of rotatable bonds is 2. The highest BCUT2D eigenvalue weighted by Crippen LogP contribution is 2.19. The molecule has 1 fully saturated rings. The summed E-state index contributed by atoms with van der Waals surface area (Å²) < 4.78 is 23.7. The number of hydrogen-bond acceptors (Lipinski definition) is 4. The van der Waals surface area contributed by atoms with Crippen molar-refractivity contribution in [2.75, 3.05) is 12.8 Å². The zero-order valence-electron chi connectivity index (χ0n) is 7.43. The van der Waals surface area contributed by atoms with Gasteiger partial charge >= 0.3 is 0 Å². The Morgan fingerprint density at radius 3 is 2.69 bits per heavy atom. The summed E-state index contributed by atoms with van der Waals surface area (Å²) in [5, 5.41) is 0. The van der Waals surface area contributed by atoms with Crippen molar-refractivity contribution in [3.63, 3.8) is 0 Å². The second kappa shape index (κ2) is 4.00. The molecule has 1 aliphatic rings. The first kappa shape index (κ1) is 10.4. The van der Waals surface area contributed by atoms with Gasteiger partial charge in [-0.05, 0) is 19.3 Å². The standard InChI is InChI=1S/C7H12N2O3S/c1-13(11,12)9-5-3-2-4-7(9)8-6-10/h7H,2-5H2,1H3. The zero-order chi connectivity index (χ0) is 9.90. The maximum absolute atomic E-state index is 11.2. The Hall–Kier alpha value is -0.710. The highest BCUT2D eigenvalue weighted by atomic mass is 32.2. The second-order valence-electron chi connectivity index (χ2n) is 3.07. The van der Waals surface area contributed by atoms with Crippen molar-refractivity contribution in [2.24, 2.45) is 4.99 Å². The van der Waals surface area contributed by atoms with Gasteiger partial charge in [-0.2, -0.15) is 9.30 Å². The summed E-state index contributed by atoms with van der Waals surface area (Å²) in [6.07, 6.45) is 4.36. The van der Waals surface area contributed by atoms with Crippen LogP contribution in [0.5, 0.6) is 0 Å². The van der Waals surface area contributed by atoms with Gasteiger partial charge in [0.1, 0.15) is 6.17 Å². The van der Waals surface area contributed by atoms with E-state index in [-0.39, 0.29) is 0 Å². The molecule has 0 saturated carbocycles. The van der Waals surface area contributed by atoms with E-state index in [1.54, 1.807) is 0 Å². The van der Waals surface area contributed by atoms with Gasteiger partial charge in [0.25, 0.3) is 0 Å². The Balaban J connectivity index is 2.85. The Bertz CT molecular complexity index is 319. The largest absolute Gasteiger partial charge is 0.236 e. The summed E-state index contributed by atoms with van der Waals surface area (Å²) in [5.41, 5.74) is 0. The van der Waals surface area contributed by atoms with Crippen molar-refractivity contribution >= 4 is 16.1 Å². The molecule has 0 spiro atoms. The number of aliphatic imine (C=N–C) groups is 1. The van der Waals surface area contributed by atoms with E-state index in [4.69, 9.17) is 0 Å². The van der Waals surface area contributed by atoms with Crippen LogP contribution in [0, 0.1) is 0 Å².